The van der Waals surface area contributed by atoms with Crippen molar-refractivity contribution in [2.45, 2.75) is 19.8 Å². The average Bonchev–Trinajstić information content (AvgIpc) is 2.63. The molecule has 1 amide bonds. The van der Waals surface area contributed by atoms with E-state index in [1.165, 1.54) is 18.2 Å². The lowest BCUT2D eigenvalue weighted by atomic mass is 10.2. The maximum Gasteiger partial charge on any atom is 0.270 e. The number of halogens is 1. The summed E-state index contributed by atoms with van der Waals surface area (Å²) in [6.45, 7) is 2.58. The van der Waals surface area contributed by atoms with Crippen LogP contribution in [0.1, 0.15) is 30.1 Å². The zero-order valence-corrected chi connectivity index (χ0v) is 16.9. The number of nitrogens with one attached hydrogen (secondary N) is 2. The largest absolute Gasteiger partial charge is 0.493 e. The van der Waals surface area contributed by atoms with Gasteiger partial charge in [0.2, 0.25) is 0 Å². The average molecular weight is 452 g/mol. The van der Waals surface area contributed by atoms with Crippen molar-refractivity contribution in [3.63, 3.8) is 0 Å². The van der Waals surface area contributed by atoms with Crippen LogP contribution in [0.25, 0.3) is 0 Å². The number of benzene rings is 2. The second-order valence-corrected chi connectivity index (χ2v) is 6.79. The lowest BCUT2D eigenvalue weighted by molar-refractivity contribution is -0.384. The number of thiocarbonyl (C=S) groups is 1. The lowest BCUT2D eigenvalue weighted by Gasteiger charge is -2.13. The van der Waals surface area contributed by atoms with Crippen molar-refractivity contribution in [3.8, 4) is 5.75 Å². The molecule has 0 spiro atoms. The number of anilines is 1. The molecule has 0 aromatic heterocycles. The van der Waals surface area contributed by atoms with Crippen LogP contribution >= 0.6 is 28.1 Å². The molecule has 27 heavy (non-hydrogen) atoms. The molecule has 142 valence electrons. The van der Waals surface area contributed by atoms with E-state index in [1.54, 1.807) is 24.3 Å². The number of carbonyl (C=O) groups is 1. The zero-order valence-electron chi connectivity index (χ0n) is 14.5. The molecule has 0 atom stereocenters. The summed E-state index contributed by atoms with van der Waals surface area (Å²) in [5.41, 5.74) is 0.819. The lowest BCUT2D eigenvalue weighted by Crippen LogP contribution is -2.34. The summed E-state index contributed by atoms with van der Waals surface area (Å²) in [6, 6.07) is 11.1. The third-order valence-corrected chi connectivity index (χ3v) is 4.39. The van der Waals surface area contributed by atoms with E-state index in [4.69, 9.17) is 17.0 Å². The molecule has 0 aliphatic rings. The first-order valence-corrected chi connectivity index (χ1v) is 9.40. The number of unbranched alkanes of at least 4 members (excludes halogenated alkanes) is 1. The molecule has 0 aliphatic carbocycles. The van der Waals surface area contributed by atoms with Crippen molar-refractivity contribution >= 4 is 50.5 Å². The molecule has 9 heteroatoms. The van der Waals surface area contributed by atoms with Gasteiger partial charge >= 0.3 is 0 Å². The van der Waals surface area contributed by atoms with Gasteiger partial charge in [-0.1, -0.05) is 25.5 Å². The van der Waals surface area contributed by atoms with Gasteiger partial charge in [-0.05, 0) is 52.8 Å². The van der Waals surface area contributed by atoms with E-state index in [2.05, 4.69) is 33.5 Å². The predicted molar refractivity (Wildman–Crippen MR) is 111 cm³/mol. The Labute approximate surface area is 170 Å². The number of hydrogen-bond acceptors (Lipinski definition) is 5. The number of non-ortho nitro benzene ring substituents is 1. The second-order valence-electron chi connectivity index (χ2n) is 5.53. The van der Waals surface area contributed by atoms with E-state index in [0.29, 0.717) is 28.1 Å². The molecule has 0 fully saturated rings. The first-order valence-electron chi connectivity index (χ1n) is 8.20. The number of nitro groups is 1. The molecule has 0 radical (unpaired) electrons. The van der Waals surface area contributed by atoms with E-state index in [1.807, 2.05) is 0 Å². The van der Waals surface area contributed by atoms with Crippen LogP contribution in [0.3, 0.4) is 0 Å². The molecular weight excluding hydrogens is 434 g/mol. The molecule has 0 heterocycles. The Kier molecular flexibility index (Phi) is 7.68. The highest BCUT2D eigenvalue weighted by molar-refractivity contribution is 9.10. The third kappa shape index (κ3) is 6.00. The van der Waals surface area contributed by atoms with Crippen LogP contribution < -0.4 is 15.4 Å². The van der Waals surface area contributed by atoms with Gasteiger partial charge in [0.25, 0.3) is 11.6 Å². The van der Waals surface area contributed by atoms with Crippen LogP contribution in [0.2, 0.25) is 0 Å². The molecule has 2 N–H and O–H groups in total. The molecule has 7 nitrogen and oxygen atoms in total. The SMILES string of the molecule is CCCCOc1ccccc1C(=O)NC(=S)Nc1ccc([N+](=O)[O-])cc1Br. The standard InChI is InChI=1S/C18H18BrN3O4S/c1-2-3-10-26-16-7-5-4-6-13(16)17(23)21-18(27)20-15-9-8-12(22(24)25)11-14(15)19/h4-9,11H,2-3,10H2,1H3,(H2,20,21,23,27). The van der Waals surface area contributed by atoms with Crippen molar-refractivity contribution < 1.29 is 14.5 Å². The maximum atomic E-state index is 12.5. The summed E-state index contributed by atoms with van der Waals surface area (Å²) < 4.78 is 6.11. The fourth-order valence-electron chi connectivity index (χ4n) is 2.15. The topological polar surface area (TPSA) is 93.5 Å². The summed E-state index contributed by atoms with van der Waals surface area (Å²) >= 11 is 8.41. The Morgan fingerprint density at radius 1 is 1.30 bits per heavy atom. The smallest absolute Gasteiger partial charge is 0.270 e. The highest BCUT2D eigenvalue weighted by Gasteiger charge is 2.15. The predicted octanol–water partition coefficient (Wildman–Crippen LogP) is 4.66. The van der Waals surface area contributed by atoms with E-state index in [-0.39, 0.29) is 10.8 Å². The zero-order chi connectivity index (χ0) is 19.8. The Hall–Kier alpha value is -2.52. The second kappa shape index (κ2) is 9.98. The maximum absolute atomic E-state index is 12.5. The fraction of sp³-hybridized carbons (Fsp3) is 0.222. The Morgan fingerprint density at radius 3 is 2.70 bits per heavy atom. The van der Waals surface area contributed by atoms with Crippen LogP contribution in [0.4, 0.5) is 11.4 Å². The van der Waals surface area contributed by atoms with Gasteiger partial charge in [0, 0.05) is 16.6 Å². The van der Waals surface area contributed by atoms with Gasteiger partial charge in [-0.3, -0.25) is 20.2 Å². The van der Waals surface area contributed by atoms with E-state index in [9.17, 15) is 14.9 Å². The van der Waals surface area contributed by atoms with E-state index >= 15 is 0 Å². The normalized spacial score (nSPS) is 10.1. The molecule has 0 bridgehead atoms. The Morgan fingerprint density at radius 2 is 2.04 bits per heavy atom. The van der Waals surface area contributed by atoms with Gasteiger partial charge in [-0.15, -0.1) is 0 Å². The van der Waals surface area contributed by atoms with Crippen LogP contribution in [-0.2, 0) is 0 Å². The molecule has 0 saturated heterocycles. The van der Waals surface area contributed by atoms with Crippen LogP contribution in [-0.4, -0.2) is 22.5 Å². The molecule has 2 aromatic carbocycles. The van der Waals surface area contributed by atoms with Crippen molar-refractivity contribution in [2.75, 3.05) is 11.9 Å². The summed E-state index contributed by atoms with van der Waals surface area (Å²) in [5, 5.41) is 16.3. The van der Waals surface area contributed by atoms with Crippen molar-refractivity contribution in [3.05, 3.63) is 62.6 Å². The highest BCUT2D eigenvalue weighted by atomic mass is 79.9. The number of hydrogen-bond donors (Lipinski definition) is 2. The molecule has 0 unspecified atom stereocenters. The number of para-hydroxylation sites is 1. The van der Waals surface area contributed by atoms with Crippen molar-refractivity contribution in [2.24, 2.45) is 0 Å². The Balaban J connectivity index is 2.04. The first-order chi connectivity index (χ1) is 12.9. The summed E-state index contributed by atoms with van der Waals surface area (Å²) in [4.78, 5) is 22.8. The molecule has 2 rings (SSSR count). The number of amides is 1. The van der Waals surface area contributed by atoms with Crippen LogP contribution in [0, 0.1) is 10.1 Å². The van der Waals surface area contributed by atoms with E-state index in [0.717, 1.165) is 12.8 Å². The first kappa shape index (κ1) is 20.8. The van der Waals surface area contributed by atoms with Crippen LogP contribution in [0.5, 0.6) is 5.75 Å². The van der Waals surface area contributed by atoms with Crippen molar-refractivity contribution in [1.29, 1.82) is 0 Å². The minimum absolute atomic E-state index is 0.0551. The van der Waals surface area contributed by atoms with Gasteiger partial charge in [-0.2, -0.15) is 0 Å². The number of ether oxygens (including phenoxy) is 1. The monoisotopic (exact) mass is 451 g/mol. The van der Waals surface area contributed by atoms with Gasteiger partial charge in [0.05, 0.1) is 22.8 Å². The van der Waals surface area contributed by atoms with Crippen molar-refractivity contribution in [1.82, 2.24) is 5.32 Å². The van der Waals surface area contributed by atoms with Gasteiger partial charge in [0.15, 0.2) is 5.11 Å². The quantitative estimate of drug-likeness (QED) is 0.275. The molecule has 0 saturated carbocycles. The minimum atomic E-state index is -0.496. The van der Waals surface area contributed by atoms with Gasteiger partial charge < -0.3 is 10.1 Å². The molecule has 0 aliphatic heterocycles. The summed E-state index contributed by atoms with van der Waals surface area (Å²) in [6.07, 6.45) is 1.89. The van der Waals surface area contributed by atoms with Gasteiger partial charge in [-0.25, -0.2) is 0 Å². The molecule has 2 aromatic rings. The number of nitrogens with zero attached hydrogens (tertiary/aromatic N) is 1. The fourth-order valence-corrected chi connectivity index (χ4v) is 2.82. The Bertz CT molecular complexity index is 860. The summed E-state index contributed by atoms with van der Waals surface area (Å²) in [7, 11) is 0. The number of rotatable bonds is 7. The number of carbonyl (C=O) groups excluding carboxylic acids is 1. The highest BCUT2D eigenvalue weighted by Crippen LogP contribution is 2.27. The van der Waals surface area contributed by atoms with Crippen LogP contribution in [0.15, 0.2) is 46.9 Å². The molecular formula is C18H18BrN3O4S. The summed E-state index contributed by atoms with van der Waals surface area (Å²) in [5.74, 6) is 0.0837. The minimum Gasteiger partial charge on any atom is -0.493 e. The van der Waals surface area contributed by atoms with Gasteiger partial charge in [0.1, 0.15) is 5.75 Å². The number of nitro benzene ring substituents is 1. The van der Waals surface area contributed by atoms with E-state index < -0.39 is 10.8 Å². The third-order valence-electron chi connectivity index (χ3n) is 3.53.